The molecule has 3 heterocycles. The number of benzene rings is 1. The third-order valence-corrected chi connectivity index (χ3v) is 6.46. The first-order valence-corrected chi connectivity index (χ1v) is 11.7. The van der Waals surface area contributed by atoms with E-state index in [2.05, 4.69) is 15.3 Å². The van der Waals surface area contributed by atoms with E-state index in [-0.39, 0.29) is 30.1 Å². The Morgan fingerprint density at radius 3 is 2.54 bits per heavy atom. The molecule has 1 saturated heterocycles. The molecule has 1 aromatic carbocycles. The highest BCUT2D eigenvalue weighted by Crippen LogP contribution is 2.27. The second kappa shape index (κ2) is 10.9. The molecule has 8 nitrogen and oxygen atoms in total. The molecule has 1 amide bonds. The number of halogens is 1. The van der Waals surface area contributed by atoms with Gasteiger partial charge in [-0.05, 0) is 54.7 Å². The molecule has 182 valence electrons. The van der Waals surface area contributed by atoms with E-state index < -0.39 is 12.1 Å². The maximum Gasteiger partial charge on any atom is 0.337 e. The van der Waals surface area contributed by atoms with Gasteiger partial charge in [0.05, 0.1) is 11.7 Å². The molecule has 35 heavy (non-hydrogen) atoms. The van der Waals surface area contributed by atoms with E-state index >= 15 is 0 Å². The van der Waals surface area contributed by atoms with Gasteiger partial charge in [-0.1, -0.05) is 29.8 Å². The standard InChI is InChI=1S/C26H27ClN4O4/c1-31(15-17-10-20(26(34)35)13-28-12-17)25(33)18-4-2-16(3-5-18)11-21-7-8-22(30-21)24(32)19-6-9-23(27)29-14-19/h2-6,9-10,12-14,21-22,24,30,32H,7-8,11,15H2,1H3,(H,34,35)/t21-,22+,24+/m0/s1. The van der Waals surface area contributed by atoms with Crippen LogP contribution in [-0.2, 0) is 13.0 Å². The first-order valence-electron chi connectivity index (χ1n) is 11.4. The number of aromatic nitrogens is 2. The lowest BCUT2D eigenvalue weighted by atomic mass is 10.0. The summed E-state index contributed by atoms with van der Waals surface area (Å²) in [7, 11) is 1.67. The van der Waals surface area contributed by atoms with Crippen molar-refractivity contribution in [1.82, 2.24) is 20.2 Å². The van der Waals surface area contributed by atoms with E-state index in [1.165, 1.54) is 17.2 Å². The summed E-state index contributed by atoms with van der Waals surface area (Å²) in [4.78, 5) is 33.5. The average Bonchev–Trinajstić information content (AvgIpc) is 3.32. The third kappa shape index (κ3) is 6.22. The molecule has 1 aliphatic heterocycles. The molecular weight excluding hydrogens is 468 g/mol. The van der Waals surface area contributed by atoms with Gasteiger partial charge >= 0.3 is 5.97 Å². The number of amides is 1. The highest BCUT2D eigenvalue weighted by molar-refractivity contribution is 6.29. The van der Waals surface area contributed by atoms with E-state index in [1.54, 1.807) is 43.7 Å². The maximum atomic E-state index is 12.8. The van der Waals surface area contributed by atoms with E-state index in [0.29, 0.717) is 16.3 Å². The van der Waals surface area contributed by atoms with Crippen LogP contribution in [0.25, 0.3) is 0 Å². The monoisotopic (exact) mass is 494 g/mol. The van der Waals surface area contributed by atoms with Crippen LogP contribution in [0.5, 0.6) is 0 Å². The van der Waals surface area contributed by atoms with Gasteiger partial charge < -0.3 is 20.4 Å². The van der Waals surface area contributed by atoms with Crippen LogP contribution >= 0.6 is 11.6 Å². The second-order valence-electron chi connectivity index (χ2n) is 8.86. The minimum atomic E-state index is -1.05. The van der Waals surface area contributed by atoms with Crippen LogP contribution in [-0.4, -0.2) is 56.1 Å². The topological polar surface area (TPSA) is 116 Å². The lowest BCUT2D eigenvalue weighted by molar-refractivity contribution is 0.0696. The van der Waals surface area contributed by atoms with E-state index in [0.717, 1.165) is 30.4 Å². The molecule has 1 aliphatic rings. The highest BCUT2D eigenvalue weighted by Gasteiger charge is 2.30. The summed E-state index contributed by atoms with van der Waals surface area (Å²) in [5.74, 6) is -1.21. The second-order valence-corrected chi connectivity index (χ2v) is 9.24. The predicted octanol–water partition coefficient (Wildman–Crippen LogP) is 3.50. The van der Waals surface area contributed by atoms with Crippen molar-refractivity contribution in [3.8, 4) is 0 Å². The van der Waals surface area contributed by atoms with Gasteiger partial charge in [0.15, 0.2) is 0 Å². The summed E-state index contributed by atoms with van der Waals surface area (Å²) in [6.45, 7) is 0.257. The largest absolute Gasteiger partial charge is 0.478 e. The number of carbonyl (C=O) groups excluding carboxylic acids is 1. The van der Waals surface area contributed by atoms with Gasteiger partial charge in [0.1, 0.15) is 5.15 Å². The molecule has 2 aromatic heterocycles. The predicted molar refractivity (Wildman–Crippen MR) is 131 cm³/mol. The smallest absolute Gasteiger partial charge is 0.337 e. The number of carboxylic acids is 1. The van der Waals surface area contributed by atoms with Crippen molar-refractivity contribution in [3.63, 3.8) is 0 Å². The summed E-state index contributed by atoms with van der Waals surface area (Å²) in [5.41, 5.74) is 3.14. The number of aliphatic hydroxyl groups is 1. The Labute approximate surface area is 208 Å². The van der Waals surface area contributed by atoms with Crippen LogP contribution < -0.4 is 5.32 Å². The molecule has 3 aromatic rings. The zero-order chi connectivity index (χ0) is 24.9. The van der Waals surface area contributed by atoms with Gasteiger partial charge in [-0.25, -0.2) is 9.78 Å². The number of carboxylic acid groups (broad SMARTS) is 1. The number of nitrogens with one attached hydrogen (secondary N) is 1. The van der Waals surface area contributed by atoms with Gasteiger partial charge in [-0.15, -0.1) is 0 Å². The Balaban J connectivity index is 1.31. The minimum absolute atomic E-state index is 0.0494. The molecule has 4 rings (SSSR count). The Hall–Kier alpha value is -3.33. The van der Waals surface area contributed by atoms with Gasteiger partial charge in [-0.3, -0.25) is 9.78 Å². The normalized spacial score (nSPS) is 18.3. The van der Waals surface area contributed by atoms with Crippen molar-refractivity contribution in [3.05, 3.63) is 94.0 Å². The van der Waals surface area contributed by atoms with Crippen LogP contribution in [0.15, 0.2) is 61.1 Å². The number of pyridine rings is 2. The quantitative estimate of drug-likeness (QED) is 0.410. The summed E-state index contributed by atoms with van der Waals surface area (Å²) in [5, 5.41) is 23.7. The SMILES string of the molecule is CN(Cc1cncc(C(=O)O)c1)C(=O)c1ccc(C[C@@H]2CC[C@H]([C@H](O)c3ccc(Cl)nc3)N2)cc1. The minimum Gasteiger partial charge on any atom is -0.478 e. The van der Waals surface area contributed by atoms with E-state index in [1.807, 2.05) is 12.1 Å². The molecular formula is C26H27ClN4O4. The lowest BCUT2D eigenvalue weighted by Crippen LogP contribution is -2.35. The average molecular weight is 495 g/mol. The van der Waals surface area contributed by atoms with Crippen LogP contribution in [0.3, 0.4) is 0 Å². The molecule has 0 unspecified atom stereocenters. The summed E-state index contributed by atoms with van der Waals surface area (Å²) < 4.78 is 0. The first-order chi connectivity index (χ1) is 16.8. The van der Waals surface area contributed by atoms with Crippen molar-refractivity contribution >= 4 is 23.5 Å². The molecule has 0 spiro atoms. The number of aliphatic hydroxyl groups excluding tert-OH is 1. The van der Waals surface area contributed by atoms with Crippen LogP contribution in [0, 0.1) is 0 Å². The van der Waals surface area contributed by atoms with Crippen molar-refractivity contribution < 1.29 is 19.8 Å². The highest BCUT2D eigenvalue weighted by atomic mass is 35.5. The molecule has 1 fully saturated rings. The first kappa shape index (κ1) is 24.8. The Bertz CT molecular complexity index is 1190. The van der Waals surface area contributed by atoms with Gasteiger partial charge in [0.2, 0.25) is 0 Å². The van der Waals surface area contributed by atoms with E-state index in [4.69, 9.17) is 16.7 Å². The van der Waals surface area contributed by atoms with Crippen molar-refractivity contribution in [2.45, 2.75) is 44.0 Å². The fraction of sp³-hybridized carbons (Fsp3) is 0.308. The molecule has 9 heteroatoms. The van der Waals surface area contributed by atoms with Crippen LogP contribution in [0.4, 0.5) is 0 Å². The Kier molecular flexibility index (Phi) is 7.75. The molecule has 3 N–H and O–H groups in total. The fourth-order valence-electron chi connectivity index (χ4n) is 4.38. The van der Waals surface area contributed by atoms with Gasteiger partial charge in [0, 0.05) is 55.4 Å². The fourth-order valence-corrected chi connectivity index (χ4v) is 4.49. The van der Waals surface area contributed by atoms with Crippen LogP contribution in [0.2, 0.25) is 5.15 Å². The van der Waals surface area contributed by atoms with Crippen molar-refractivity contribution in [1.29, 1.82) is 0 Å². The number of carbonyl (C=O) groups is 2. The Morgan fingerprint density at radius 2 is 1.86 bits per heavy atom. The summed E-state index contributed by atoms with van der Waals surface area (Å²) in [6, 6.07) is 12.7. The van der Waals surface area contributed by atoms with Gasteiger partial charge in [0.25, 0.3) is 5.91 Å². The molecule has 3 atom stereocenters. The summed E-state index contributed by atoms with van der Waals surface area (Å²) in [6.07, 6.45) is 6.38. The lowest BCUT2D eigenvalue weighted by Gasteiger charge is -2.20. The third-order valence-electron chi connectivity index (χ3n) is 6.24. The van der Waals surface area contributed by atoms with Gasteiger partial charge in [-0.2, -0.15) is 0 Å². The molecule has 0 bridgehead atoms. The number of hydrogen-bond acceptors (Lipinski definition) is 6. The van der Waals surface area contributed by atoms with E-state index in [9.17, 15) is 14.7 Å². The van der Waals surface area contributed by atoms with Crippen molar-refractivity contribution in [2.75, 3.05) is 7.05 Å². The number of rotatable bonds is 8. The Morgan fingerprint density at radius 1 is 1.09 bits per heavy atom. The number of hydrogen-bond donors (Lipinski definition) is 3. The van der Waals surface area contributed by atoms with Crippen molar-refractivity contribution in [2.24, 2.45) is 0 Å². The van der Waals surface area contributed by atoms with Crippen LogP contribution in [0.1, 0.15) is 56.4 Å². The molecule has 0 radical (unpaired) electrons. The zero-order valence-corrected chi connectivity index (χ0v) is 20.0. The zero-order valence-electron chi connectivity index (χ0n) is 19.3. The molecule has 0 saturated carbocycles. The number of nitrogens with zero attached hydrogens (tertiary/aromatic N) is 3. The molecule has 0 aliphatic carbocycles. The summed E-state index contributed by atoms with van der Waals surface area (Å²) >= 11 is 5.84. The number of aromatic carboxylic acids is 1. The maximum absolute atomic E-state index is 12.8.